The topological polar surface area (TPSA) is 35.2 Å². The molecule has 0 fully saturated rings. The number of nitrogens with two attached hydrogens (primary N) is 1. The molecule has 0 saturated heterocycles. The smallest absolute Gasteiger partial charge is 0.127 e. The fourth-order valence-electron chi connectivity index (χ4n) is 2.58. The van der Waals surface area contributed by atoms with Gasteiger partial charge in [0.1, 0.15) is 5.75 Å². The number of fused-ring (bicyclic) bond motifs is 1. The maximum atomic E-state index is 6.39. The molecule has 0 aromatic heterocycles. The van der Waals surface area contributed by atoms with E-state index >= 15 is 0 Å². The molecule has 2 nitrogen and oxygen atoms in total. The fourth-order valence-corrected chi connectivity index (χ4v) is 3.18. The van der Waals surface area contributed by atoms with Crippen LogP contribution in [0.15, 0.2) is 30.3 Å². The van der Waals surface area contributed by atoms with E-state index in [4.69, 9.17) is 33.7 Å². The largest absolute Gasteiger partial charge is 0.493 e. The molecule has 0 bridgehead atoms. The van der Waals surface area contributed by atoms with Crippen LogP contribution in [0.3, 0.4) is 0 Å². The van der Waals surface area contributed by atoms with Crippen molar-refractivity contribution in [2.24, 2.45) is 5.73 Å². The number of halogens is 2. The minimum absolute atomic E-state index is 0.339. The Balaban J connectivity index is 2.09. The maximum Gasteiger partial charge on any atom is 0.127 e. The van der Waals surface area contributed by atoms with E-state index in [9.17, 15) is 0 Å². The zero-order chi connectivity index (χ0) is 14.3. The van der Waals surface area contributed by atoms with Gasteiger partial charge in [0.15, 0.2) is 0 Å². The lowest BCUT2D eigenvalue weighted by Gasteiger charge is -2.18. The van der Waals surface area contributed by atoms with Gasteiger partial charge in [0.25, 0.3) is 0 Å². The average molecular weight is 308 g/mol. The molecule has 1 unspecified atom stereocenters. The minimum Gasteiger partial charge on any atom is -0.493 e. The quantitative estimate of drug-likeness (QED) is 0.898. The molecule has 1 heterocycles. The molecule has 2 N–H and O–H groups in total. The Morgan fingerprint density at radius 2 is 1.95 bits per heavy atom. The molecule has 3 rings (SSSR count). The summed E-state index contributed by atoms with van der Waals surface area (Å²) in [5.41, 5.74) is 10.4. The highest BCUT2D eigenvalue weighted by Crippen LogP contribution is 2.39. The first-order valence-electron chi connectivity index (χ1n) is 6.53. The van der Waals surface area contributed by atoms with E-state index in [0.717, 1.165) is 34.4 Å². The highest BCUT2D eigenvalue weighted by Gasteiger charge is 2.23. The van der Waals surface area contributed by atoms with Crippen LogP contribution in [0.1, 0.15) is 28.3 Å². The van der Waals surface area contributed by atoms with Crippen molar-refractivity contribution in [3.8, 4) is 5.75 Å². The van der Waals surface area contributed by atoms with Gasteiger partial charge in [-0.1, -0.05) is 35.3 Å². The van der Waals surface area contributed by atoms with Crippen LogP contribution in [0.4, 0.5) is 0 Å². The molecule has 0 saturated carbocycles. The molecule has 2 aromatic rings. The summed E-state index contributed by atoms with van der Waals surface area (Å²) in [7, 11) is 0. The van der Waals surface area contributed by atoms with Crippen LogP contribution in [0.2, 0.25) is 10.0 Å². The van der Waals surface area contributed by atoms with E-state index in [1.165, 1.54) is 0 Å². The molecule has 1 atom stereocenters. The summed E-state index contributed by atoms with van der Waals surface area (Å²) in [6.45, 7) is 2.68. The van der Waals surface area contributed by atoms with E-state index in [1.807, 2.05) is 37.3 Å². The second-order valence-corrected chi connectivity index (χ2v) is 5.93. The lowest BCUT2D eigenvalue weighted by Crippen LogP contribution is -2.13. The number of benzene rings is 2. The predicted molar refractivity (Wildman–Crippen MR) is 82.9 cm³/mol. The summed E-state index contributed by atoms with van der Waals surface area (Å²) >= 11 is 12.5. The Morgan fingerprint density at radius 1 is 1.15 bits per heavy atom. The highest BCUT2D eigenvalue weighted by molar-refractivity contribution is 6.31. The second kappa shape index (κ2) is 5.28. The maximum absolute atomic E-state index is 6.39. The summed E-state index contributed by atoms with van der Waals surface area (Å²) < 4.78 is 5.71. The summed E-state index contributed by atoms with van der Waals surface area (Å²) in [5.74, 6) is 0.860. The van der Waals surface area contributed by atoms with Crippen LogP contribution < -0.4 is 10.5 Å². The lowest BCUT2D eigenvalue weighted by atomic mass is 9.96. The number of hydrogen-bond acceptors (Lipinski definition) is 2. The van der Waals surface area contributed by atoms with Crippen molar-refractivity contribution in [1.29, 1.82) is 0 Å². The third-order valence-electron chi connectivity index (χ3n) is 3.60. The standard InChI is InChI=1S/C16H15Cl2NO/c1-9-2-3-12(14(18)6-9)15(19)13-8-11(17)7-10-4-5-20-16(10)13/h2-3,6-8,15H,4-5,19H2,1H3. The molecule has 2 aromatic carbocycles. The van der Waals surface area contributed by atoms with E-state index < -0.39 is 0 Å². The molecule has 0 radical (unpaired) electrons. The van der Waals surface area contributed by atoms with Crippen LogP contribution in [0.25, 0.3) is 0 Å². The number of ether oxygens (including phenoxy) is 1. The third-order valence-corrected chi connectivity index (χ3v) is 4.15. The van der Waals surface area contributed by atoms with Gasteiger partial charge in [-0.25, -0.2) is 0 Å². The molecule has 20 heavy (non-hydrogen) atoms. The van der Waals surface area contributed by atoms with Crippen LogP contribution in [0, 0.1) is 6.92 Å². The first kappa shape index (κ1) is 13.7. The van der Waals surface area contributed by atoms with E-state index in [2.05, 4.69) is 0 Å². The Morgan fingerprint density at radius 3 is 2.70 bits per heavy atom. The third kappa shape index (κ3) is 2.39. The Hall–Kier alpha value is -1.22. The first-order chi connectivity index (χ1) is 9.56. The van der Waals surface area contributed by atoms with E-state index in [1.54, 1.807) is 0 Å². The molecule has 4 heteroatoms. The van der Waals surface area contributed by atoms with Gasteiger partial charge < -0.3 is 10.5 Å². The van der Waals surface area contributed by atoms with Crippen LogP contribution in [-0.2, 0) is 6.42 Å². The summed E-state index contributed by atoms with van der Waals surface area (Å²) in [4.78, 5) is 0. The summed E-state index contributed by atoms with van der Waals surface area (Å²) in [5, 5.41) is 1.35. The van der Waals surface area contributed by atoms with E-state index in [-0.39, 0.29) is 6.04 Å². The predicted octanol–water partition coefficient (Wildman–Crippen LogP) is 4.28. The first-order valence-corrected chi connectivity index (χ1v) is 7.28. The number of hydrogen-bond donors (Lipinski definition) is 1. The van der Waals surface area contributed by atoms with Gasteiger partial charge in [-0.2, -0.15) is 0 Å². The van der Waals surface area contributed by atoms with Crippen molar-refractivity contribution < 1.29 is 4.74 Å². The number of rotatable bonds is 2. The lowest BCUT2D eigenvalue weighted by molar-refractivity contribution is 0.352. The van der Waals surface area contributed by atoms with Gasteiger partial charge >= 0.3 is 0 Å². The molecule has 1 aliphatic rings. The second-order valence-electron chi connectivity index (χ2n) is 5.08. The molecule has 0 aliphatic carbocycles. The van der Waals surface area contributed by atoms with Crippen LogP contribution in [0.5, 0.6) is 5.75 Å². The average Bonchev–Trinajstić information content (AvgIpc) is 2.85. The van der Waals surface area contributed by atoms with Crippen LogP contribution >= 0.6 is 23.2 Å². The Kier molecular flexibility index (Phi) is 3.63. The molecule has 0 spiro atoms. The molecule has 104 valence electrons. The molecular formula is C16H15Cl2NO. The number of aryl methyl sites for hydroxylation is 1. The van der Waals surface area contributed by atoms with Crippen molar-refractivity contribution in [2.45, 2.75) is 19.4 Å². The van der Waals surface area contributed by atoms with Gasteiger partial charge in [-0.15, -0.1) is 0 Å². The van der Waals surface area contributed by atoms with Gasteiger partial charge in [-0.05, 0) is 41.8 Å². The van der Waals surface area contributed by atoms with Gasteiger partial charge in [0.05, 0.1) is 12.6 Å². The summed E-state index contributed by atoms with van der Waals surface area (Å²) in [6.07, 6.45) is 0.872. The van der Waals surface area contributed by atoms with Crippen LogP contribution in [-0.4, -0.2) is 6.61 Å². The van der Waals surface area contributed by atoms with Gasteiger partial charge in [0, 0.05) is 22.0 Å². The highest BCUT2D eigenvalue weighted by atomic mass is 35.5. The van der Waals surface area contributed by atoms with Crippen molar-refractivity contribution in [1.82, 2.24) is 0 Å². The molecular weight excluding hydrogens is 293 g/mol. The monoisotopic (exact) mass is 307 g/mol. The van der Waals surface area contributed by atoms with Gasteiger partial charge in [0.2, 0.25) is 0 Å². The minimum atomic E-state index is -0.339. The zero-order valence-corrected chi connectivity index (χ0v) is 12.6. The fraction of sp³-hybridized carbons (Fsp3) is 0.250. The molecule has 1 aliphatic heterocycles. The van der Waals surface area contributed by atoms with Crippen molar-refractivity contribution in [3.63, 3.8) is 0 Å². The van der Waals surface area contributed by atoms with Gasteiger partial charge in [-0.3, -0.25) is 0 Å². The zero-order valence-electron chi connectivity index (χ0n) is 11.1. The van der Waals surface area contributed by atoms with Crippen molar-refractivity contribution in [2.75, 3.05) is 6.61 Å². The Labute approximate surface area is 128 Å². The van der Waals surface area contributed by atoms with Crippen molar-refractivity contribution >= 4 is 23.2 Å². The molecule has 0 amide bonds. The summed E-state index contributed by atoms with van der Waals surface area (Å²) in [6, 6.07) is 9.36. The normalized spacial score (nSPS) is 14.8. The SMILES string of the molecule is Cc1ccc(C(N)c2cc(Cl)cc3c2OCC3)c(Cl)c1. The van der Waals surface area contributed by atoms with E-state index in [0.29, 0.717) is 16.7 Å². The Bertz CT molecular complexity index is 670. The van der Waals surface area contributed by atoms with Crippen molar-refractivity contribution in [3.05, 3.63) is 62.6 Å².